The summed E-state index contributed by atoms with van der Waals surface area (Å²) in [6.07, 6.45) is 6.36. The molecule has 0 radical (unpaired) electrons. The van der Waals surface area contributed by atoms with Crippen molar-refractivity contribution in [1.29, 1.82) is 0 Å². The van der Waals surface area contributed by atoms with Crippen LogP contribution < -0.4 is 10.6 Å². The molecule has 26 heavy (non-hydrogen) atoms. The third-order valence-electron chi connectivity index (χ3n) is 4.35. The van der Waals surface area contributed by atoms with Crippen LogP contribution in [0.4, 0.5) is 5.69 Å². The molecule has 0 aromatic heterocycles. The number of hydrogen-bond acceptors (Lipinski definition) is 4. The second-order valence-electron chi connectivity index (χ2n) is 6.62. The number of rotatable bonds is 9. The number of carbonyl (C=O) groups excluding carboxylic acids is 2. The van der Waals surface area contributed by atoms with Gasteiger partial charge in [0.1, 0.15) is 0 Å². The second-order valence-corrected chi connectivity index (χ2v) is 7.61. The molecule has 0 saturated heterocycles. The van der Waals surface area contributed by atoms with E-state index in [0.717, 1.165) is 18.4 Å². The third kappa shape index (κ3) is 7.91. The van der Waals surface area contributed by atoms with Gasteiger partial charge in [0.25, 0.3) is 0 Å². The van der Waals surface area contributed by atoms with Crippen molar-refractivity contribution >= 4 is 35.2 Å². The van der Waals surface area contributed by atoms with Crippen LogP contribution >= 0.6 is 11.8 Å². The Morgan fingerprint density at radius 1 is 1.12 bits per heavy atom. The number of nitrogens with one attached hydrogen (secondary N) is 2. The Hall–Kier alpha value is -2.02. The molecule has 142 valence electrons. The zero-order valence-corrected chi connectivity index (χ0v) is 15.6. The highest BCUT2D eigenvalue weighted by molar-refractivity contribution is 7.99. The van der Waals surface area contributed by atoms with E-state index in [-0.39, 0.29) is 24.1 Å². The lowest BCUT2D eigenvalue weighted by Crippen LogP contribution is -2.34. The molecule has 2 amide bonds. The zero-order chi connectivity index (χ0) is 18.8. The molecule has 2 rings (SSSR count). The van der Waals surface area contributed by atoms with E-state index in [1.807, 2.05) is 18.2 Å². The van der Waals surface area contributed by atoms with Gasteiger partial charge in [0.2, 0.25) is 11.8 Å². The molecule has 0 heterocycles. The standard InChI is InChI=1S/C19H26N2O4S/c22-17(10-14-5-2-1-3-6-14)20-11-18(23)21-16-8-4-7-15(9-16)12-26-13-19(24)25/h4,7-9,14H,1-3,5-6,10-13H2,(H,20,22)(H,21,23)(H,24,25). The van der Waals surface area contributed by atoms with Crippen LogP contribution in [0, 0.1) is 5.92 Å². The van der Waals surface area contributed by atoms with E-state index in [0.29, 0.717) is 23.8 Å². The molecule has 6 nitrogen and oxygen atoms in total. The fourth-order valence-corrected chi connectivity index (χ4v) is 3.80. The SMILES string of the molecule is O=C(O)CSCc1cccc(NC(=O)CNC(=O)CC2CCCCC2)c1. The van der Waals surface area contributed by atoms with Crippen LogP contribution in [0.25, 0.3) is 0 Å². The molecule has 7 heteroatoms. The van der Waals surface area contributed by atoms with Gasteiger partial charge in [-0.15, -0.1) is 11.8 Å². The van der Waals surface area contributed by atoms with Crippen LogP contribution in [0.15, 0.2) is 24.3 Å². The topological polar surface area (TPSA) is 95.5 Å². The molecule has 3 N–H and O–H groups in total. The summed E-state index contributed by atoms with van der Waals surface area (Å²) in [5.41, 5.74) is 1.58. The Morgan fingerprint density at radius 2 is 1.88 bits per heavy atom. The van der Waals surface area contributed by atoms with Gasteiger partial charge in [-0.3, -0.25) is 14.4 Å². The summed E-state index contributed by atoms with van der Waals surface area (Å²) in [7, 11) is 0. The van der Waals surface area contributed by atoms with Gasteiger partial charge in [-0.05, 0) is 36.5 Å². The van der Waals surface area contributed by atoms with Gasteiger partial charge >= 0.3 is 5.97 Å². The summed E-state index contributed by atoms with van der Waals surface area (Å²) in [4.78, 5) is 34.5. The molecule has 1 fully saturated rings. The van der Waals surface area contributed by atoms with Crippen LogP contribution in [0.1, 0.15) is 44.1 Å². The van der Waals surface area contributed by atoms with E-state index >= 15 is 0 Å². The molecule has 1 aliphatic rings. The van der Waals surface area contributed by atoms with Crippen molar-refractivity contribution in [3.8, 4) is 0 Å². The fraction of sp³-hybridized carbons (Fsp3) is 0.526. The quantitative estimate of drug-likeness (QED) is 0.614. The van der Waals surface area contributed by atoms with Gasteiger partial charge in [-0.2, -0.15) is 0 Å². The maximum atomic E-state index is 12.0. The van der Waals surface area contributed by atoms with E-state index in [2.05, 4.69) is 10.6 Å². The largest absolute Gasteiger partial charge is 0.481 e. The van der Waals surface area contributed by atoms with Crippen molar-refractivity contribution in [2.75, 3.05) is 17.6 Å². The minimum absolute atomic E-state index is 0.0381. The van der Waals surface area contributed by atoms with Crippen molar-refractivity contribution in [3.63, 3.8) is 0 Å². The van der Waals surface area contributed by atoms with Gasteiger partial charge in [0.05, 0.1) is 12.3 Å². The molecule has 1 aromatic carbocycles. The number of carboxylic acid groups (broad SMARTS) is 1. The summed E-state index contributed by atoms with van der Waals surface area (Å²) < 4.78 is 0. The van der Waals surface area contributed by atoms with Crippen LogP contribution in [0.2, 0.25) is 0 Å². The average Bonchev–Trinajstić information content (AvgIpc) is 2.61. The van der Waals surface area contributed by atoms with Crippen LogP contribution in [0.5, 0.6) is 0 Å². The van der Waals surface area contributed by atoms with Gasteiger partial charge in [0, 0.05) is 17.9 Å². The highest BCUT2D eigenvalue weighted by Crippen LogP contribution is 2.26. The molecule has 1 aliphatic carbocycles. The summed E-state index contributed by atoms with van der Waals surface area (Å²) in [6.45, 7) is -0.0381. The Morgan fingerprint density at radius 3 is 2.62 bits per heavy atom. The van der Waals surface area contributed by atoms with E-state index in [1.54, 1.807) is 6.07 Å². The number of aliphatic carboxylic acids is 1. The minimum atomic E-state index is -0.844. The number of benzene rings is 1. The third-order valence-corrected chi connectivity index (χ3v) is 5.34. The van der Waals surface area contributed by atoms with Crippen molar-refractivity contribution in [2.45, 2.75) is 44.3 Å². The highest BCUT2D eigenvalue weighted by Gasteiger charge is 2.17. The first-order valence-corrected chi connectivity index (χ1v) is 10.1. The predicted molar refractivity (Wildman–Crippen MR) is 103 cm³/mol. The Balaban J connectivity index is 1.71. The van der Waals surface area contributed by atoms with E-state index < -0.39 is 5.97 Å². The molecule has 0 aliphatic heterocycles. The molecule has 0 bridgehead atoms. The Labute approximate surface area is 158 Å². The minimum Gasteiger partial charge on any atom is -0.481 e. The maximum absolute atomic E-state index is 12.0. The van der Waals surface area contributed by atoms with Gasteiger partial charge in [-0.1, -0.05) is 31.4 Å². The normalized spacial score (nSPS) is 14.6. The average molecular weight is 378 g/mol. The van der Waals surface area contributed by atoms with Gasteiger partial charge in [0.15, 0.2) is 0 Å². The van der Waals surface area contributed by atoms with Crippen molar-refractivity contribution in [3.05, 3.63) is 29.8 Å². The first-order valence-electron chi connectivity index (χ1n) is 8.98. The summed E-state index contributed by atoms with van der Waals surface area (Å²) >= 11 is 1.30. The molecule has 0 unspecified atom stereocenters. The second kappa shape index (κ2) is 10.9. The number of hydrogen-bond donors (Lipinski definition) is 3. The molecular weight excluding hydrogens is 352 g/mol. The molecule has 0 spiro atoms. The first kappa shape index (κ1) is 20.3. The monoisotopic (exact) mass is 378 g/mol. The van der Waals surface area contributed by atoms with Gasteiger partial charge < -0.3 is 15.7 Å². The van der Waals surface area contributed by atoms with Crippen molar-refractivity contribution in [2.24, 2.45) is 5.92 Å². The van der Waals surface area contributed by atoms with Crippen molar-refractivity contribution in [1.82, 2.24) is 5.32 Å². The zero-order valence-electron chi connectivity index (χ0n) is 14.8. The number of thioether (sulfide) groups is 1. The van der Waals surface area contributed by atoms with Crippen LogP contribution in [-0.2, 0) is 20.1 Å². The Kier molecular flexibility index (Phi) is 8.47. The summed E-state index contributed by atoms with van der Waals surface area (Å²) in [6, 6.07) is 7.29. The van der Waals surface area contributed by atoms with E-state index in [1.165, 1.54) is 31.0 Å². The summed E-state index contributed by atoms with van der Waals surface area (Å²) in [5, 5.41) is 14.1. The predicted octanol–water partition coefficient (Wildman–Crippen LogP) is 3.03. The van der Waals surface area contributed by atoms with Gasteiger partial charge in [-0.25, -0.2) is 0 Å². The smallest absolute Gasteiger partial charge is 0.313 e. The molecular formula is C19H26N2O4S. The first-order chi connectivity index (χ1) is 12.5. The number of anilines is 1. The van der Waals surface area contributed by atoms with Crippen molar-refractivity contribution < 1.29 is 19.5 Å². The van der Waals surface area contributed by atoms with E-state index in [4.69, 9.17) is 5.11 Å². The molecule has 1 aromatic rings. The molecule has 0 atom stereocenters. The molecule has 1 saturated carbocycles. The number of carbonyl (C=O) groups is 3. The fourth-order valence-electron chi connectivity index (χ4n) is 3.10. The lowest BCUT2D eigenvalue weighted by molar-refractivity contribution is -0.134. The lowest BCUT2D eigenvalue weighted by Gasteiger charge is -2.20. The lowest BCUT2D eigenvalue weighted by atomic mass is 9.87. The van der Waals surface area contributed by atoms with Crippen LogP contribution in [-0.4, -0.2) is 35.2 Å². The summed E-state index contributed by atoms with van der Waals surface area (Å²) in [5.74, 6) is -0.115. The highest BCUT2D eigenvalue weighted by atomic mass is 32.2. The van der Waals surface area contributed by atoms with E-state index in [9.17, 15) is 14.4 Å². The van der Waals surface area contributed by atoms with Crippen LogP contribution in [0.3, 0.4) is 0 Å². The Bertz CT molecular complexity index is 630. The number of carboxylic acids is 1. The number of amides is 2. The maximum Gasteiger partial charge on any atom is 0.313 e.